The van der Waals surface area contributed by atoms with Crippen molar-refractivity contribution < 1.29 is 24.0 Å². The smallest absolute Gasteiger partial charge is 0.279 e. The normalized spacial score (nSPS) is 11.6. The zero-order valence-electron chi connectivity index (χ0n) is 17.3. The number of benzene rings is 3. The van der Waals surface area contributed by atoms with Gasteiger partial charge in [0.15, 0.2) is 13.1 Å². The Morgan fingerprint density at radius 1 is 0.833 bits per heavy atom. The van der Waals surface area contributed by atoms with E-state index >= 15 is 0 Å². The third-order valence-electron chi connectivity index (χ3n) is 4.67. The van der Waals surface area contributed by atoms with Gasteiger partial charge < -0.3 is 25.0 Å². The topological polar surface area (TPSA) is 81.1 Å². The number of methoxy groups -OCH3 is 2. The van der Waals surface area contributed by atoms with Crippen LogP contribution in [0.4, 0.5) is 11.4 Å². The minimum atomic E-state index is -0.214. The first-order valence-corrected chi connectivity index (χ1v) is 9.61. The second-order valence-corrected chi connectivity index (χ2v) is 7.00. The monoisotopic (exact) mass is 408 g/mol. The fourth-order valence-corrected chi connectivity index (χ4v) is 3.24. The second kappa shape index (κ2) is 9.76. The van der Waals surface area contributed by atoms with Gasteiger partial charge in [0.25, 0.3) is 11.8 Å². The molecule has 7 heteroatoms. The summed E-state index contributed by atoms with van der Waals surface area (Å²) in [6.45, 7) is 0.300. The molecule has 7 nitrogen and oxygen atoms in total. The lowest BCUT2D eigenvalue weighted by Crippen LogP contribution is -3.11. The van der Waals surface area contributed by atoms with Crippen LogP contribution in [0.2, 0.25) is 0 Å². The number of quaternary nitrogens is 1. The molecule has 3 aromatic rings. The van der Waals surface area contributed by atoms with Gasteiger partial charge in [0.05, 0.1) is 27.0 Å². The first-order valence-electron chi connectivity index (χ1n) is 9.61. The van der Waals surface area contributed by atoms with E-state index in [2.05, 4.69) is 10.6 Å². The van der Waals surface area contributed by atoms with Gasteiger partial charge in [0, 0.05) is 17.1 Å². The highest BCUT2D eigenvalue weighted by atomic mass is 16.5. The fraction of sp³-hybridized carbons (Fsp3) is 0.217. The van der Waals surface area contributed by atoms with E-state index in [-0.39, 0.29) is 24.9 Å². The Hall–Kier alpha value is -3.58. The molecule has 3 rings (SSSR count). The first-order chi connectivity index (χ1) is 14.5. The van der Waals surface area contributed by atoms with Crippen molar-refractivity contribution in [3.05, 3.63) is 60.7 Å². The lowest BCUT2D eigenvalue weighted by Gasteiger charge is -2.15. The van der Waals surface area contributed by atoms with Gasteiger partial charge in [-0.2, -0.15) is 0 Å². The predicted octanol–water partition coefficient (Wildman–Crippen LogP) is 1.95. The molecule has 0 spiro atoms. The van der Waals surface area contributed by atoms with Crippen molar-refractivity contribution in [1.29, 1.82) is 0 Å². The molecule has 0 radical (unpaired) electrons. The summed E-state index contributed by atoms with van der Waals surface area (Å²) < 4.78 is 10.5. The Kier molecular flexibility index (Phi) is 6.87. The number of likely N-dealkylation sites (N-methyl/N-ethyl adjacent to an activating group) is 1. The van der Waals surface area contributed by atoms with Crippen LogP contribution in [0.15, 0.2) is 60.7 Å². The van der Waals surface area contributed by atoms with Crippen LogP contribution >= 0.6 is 0 Å². The van der Waals surface area contributed by atoms with Gasteiger partial charge in [-0.05, 0) is 23.6 Å². The Morgan fingerprint density at radius 3 is 2.20 bits per heavy atom. The van der Waals surface area contributed by atoms with Crippen LogP contribution in [0.5, 0.6) is 11.5 Å². The highest BCUT2D eigenvalue weighted by molar-refractivity contribution is 6.02. The number of amides is 2. The number of ether oxygens (including phenoxy) is 2. The van der Waals surface area contributed by atoms with E-state index in [1.165, 1.54) is 7.11 Å². The molecule has 0 saturated carbocycles. The van der Waals surface area contributed by atoms with E-state index in [0.29, 0.717) is 17.2 Å². The molecule has 0 aliphatic carbocycles. The van der Waals surface area contributed by atoms with Gasteiger partial charge in [-0.1, -0.05) is 36.4 Å². The van der Waals surface area contributed by atoms with Crippen molar-refractivity contribution in [2.45, 2.75) is 0 Å². The molecule has 0 aliphatic rings. The number of carbonyl (C=O) groups excluding carboxylic acids is 2. The summed E-state index contributed by atoms with van der Waals surface area (Å²) >= 11 is 0. The molecule has 3 N–H and O–H groups in total. The van der Waals surface area contributed by atoms with E-state index < -0.39 is 0 Å². The zero-order chi connectivity index (χ0) is 21.5. The number of carbonyl (C=O) groups is 2. The zero-order valence-corrected chi connectivity index (χ0v) is 17.3. The van der Waals surface area contributed by atoms with E-state index in [9.17, 15) is 9.59 Å². The maximum atomic E-state index is 12.5. The van der Waals surface area contributed by atoms with Crippen LogP contribution in [-0.2, 0) is 9.59 Å². The first kappa shape index (κ1) is 21.1. The van der Waals surface area contributed by atoms with Crippen molar-refractivity contribution in [3.63, 3.8) is 0 Å². The molecule has 1 atom stereocenters. The molecule has 0 saturated heterocycles. The number of hydrogen-bond donors (Lipinski definition) is 3. The van der Waals surface area contributed by atoms with E-state index in [1.807, 2.05) is 42.5 Å². The van der Waals surface area contributed by atoms with E-state index in [1.54, 1.807) is 32.4 Å². The van der Waals surface area contributed by atoms with Crippen molar-refractivity contribution in [1.82, 2.24) is 0 Å². The van der Waals surface area contributed by atoms with Crippen molar-refractivity contribution in [3.8, 4) is 11.5 Å². The van der Waals surface area contributed by atoms with Crippen molar-refractivity contribution >= 4 is 34.0 Å². The highest BCUT2D eigenvalue weighted by Gasteiger charge is 2.16. The summed E-state index contributed by atoms with van der Waals surface area (Å²) in [6.07, 6.45) is 0. The largest absolute Gasteiger partial charge is 0.497 e. The highest BCUT2D eigenvalue weighted by Crippen LogP contribution is 2.28. The lowest BCUT2D eigenvalue weighted by molar-refractivity contribution is -0.862. The van der Waals surface area contributed by atoms with Crippen molar-refractivity contribution in [2.24, 2.45) is 0 Å². The third-order valence-corrected chi connectivity index (χ3v) is 4.67. The third kappa shape index (κ3) is 5.27. The van der Waals surface area contributed by atoms with E-state index in [0.717, 1.165) is 21.4 Å². The molecular weight excluding hydrogens is 382 g/mol. The van der Waals surface area contributed by atoms with Crippen LogP contribution in [0, 0.1) is 0 Å². The molecule has 0 bridgehead atoms. The molecule has 3 aromatic carbocycles. The van der Waals surface area contributed by atoms with Crippen LogP contribution in [-0.4, -0.2) is 46.2 Å². The molecule has 2 amide bonds. The Morgan fingerprint density at radius 2 is 1.50 bits per heavy atom. The van der Waals surface area contributed by atoms with Gasteiger partial charge in [0.2, 0.25) is 0 Å². The average Bonchev–Trinajstić information content (AvgIpc) is 2.74. The molecule has 1 unspecified atom stereocenters. The molecule has 0 aliphatic heterocycles. The molecule has 0 fully saturated rings. The standard InChI is InChI=1S/C23H25N3O4/c1-26(15-23(28)25-20-12-11-17(29-2)13-21(20)30-3)14-22(27)24-19-10-6-8-16-7-4-5-9-18(16)19/h4-13H,14-15H2,1-3H3,(H,24,27)(H,25,28)/p+1. The number of anilines is 2. The van der Waals surface area contributed by atoms with Crippen molar-refractivity contribution in [2.75, 3.05) is 45.0 Å². The maximum absolute atomic E-state index is 12.5. The number of nitrogens with one attached hydrogen (secondary N) is 3. The van der Waals surface area contributed by atoms with Crippen LogP contribution in [0.1, 0.15) is 0 Å². The van der Waals surface area contributed by atoms with Crippen LogP contribution in [0.25, 0.3) is 10.8 Å². The second-order valence-electron chi connectivity index (χ2n) is 7.00. The summed E-state index contributed by atoms with van der Waals surface area (Å²) in [7, 11) is 4.89. The summed E-state index contributed by atoms with van der Waals surface area (Å²) in [5.74, 6) is 0.777. The quantitative estimate of drug-likeness (QED) is 0.532. The van der Waals surface area contributed by atoms with Crippen LogP contribution < -0.4 is 25.0 Å². The lowest BCUT2D eigenvalue weighted by atomic mass is 10.1. The molecule has 0 aromatic heterocycles. The number of hydrogen-bond acceptors (Lipinski definition) is 4. The SMILES string of the molecule is COc1ccc(NC(=O)C[NH+](C)CC(=O)Nc2cccc3ccccc23)c(OC)c1. The number of fused-ring (bicyclic) bond motifs is 1. The maximum Gasteiger partial charge on any atom is 0.279 e. The molecular formula is C23H26N3O4+. The van der Waals surface area contributed by atoms with E-state index in [4.69, 9.17) is 9.47 Å². The Balaban J connectivity index is 1.56. The summed E-state index contributed by atoms with van der Waals surface area (Å²) in [5, 5.41) is 7.80. The van der Waals surface area contributed by atoms with Gasteiger partial charge in [-0.15, -0.1) is 0 Å². The minimum Gasteiger partial charge on any atom is -0.497 e. The van der Waals surface area contributed by atoms with Gasteiger partial charge >= 0.3 is 0 Å². The van der Waals surface area contributed by atoms with Gasteiger partial charge in [-0.3, -0.25) is 9.59 Å². The van der Waals surface area contributed by atoms with Crippen LogP contribution in [0.3, 0.4) is 0 Å². The molecule has 30 heavy (non-hydrogen) atoms. The minimum absolute atomic E-state index is 0.137. The average molecular weight is 408 g/mol. The summed E-state index contributed by atoms with van der Waals surface area (Å²) in [6, 6.07) is 18.8. The molecule has 0 heterocycles. The van der Waals surface area contributed by atoms with Gasteiger partial charge in [0.1, 0.15) is 11.5 Å². The fourth-order valence-electron chi connectivity index (χ4n) is 3.24. The Bertz CT molecular complexity index is 1050. The summed E-state index contributed by atoms with van der Waals surface area (Å²) in [5.41, 5.74) is 1.31. The summed E-state index contributed by atoms with van der Waals surface area (Å²) in [4.78, 5) is 25.7. The van der Waals surface area contributed by atoms with Gasteiger partial charge in [-0.25, -0.2) is 0 Å². The Labute approximate surface area is 175 Å². The molecule has 156 valence electrons. The number of rotatable bonds is 8. The predicted molar refractivity (Wildman–Crippen MR) is 117 cm³/mol.